The van der Waals surface area contributed by atoms with Crippen LogP contribution in [0.5, 0.6) is 0 Å². The summed E-state index contributed by atoms with van der Waals surface area (Å²) in [5, 5.41) is 18.3. The Bertz CT molecular complexity index is 1110. The van der Waals surface area contributed by atoms with Crippen LogP contribution in [-0.4, -0.2) is 40.2 Å². The van der Waals surface area contributed by atoms with Gasteiger partial charge in [0.05, 0.1) is 24.1 Å². The van der Waals surface area contributed by atoms with E-state index in [1.54, 1.807) is 6.92 Å². The summed E-state index contributed by atoms with van der Waals surface area (Å²) in [7, 11) is 0. The van der Waals surface area contributed by atoms with E-state index in [1.165, 1.54) is 5.01 Å². The largest absolute Gasteiger partial charge is 0.481 e. The van der Waals surface area contributed by atoms with Crippen molar-refractivity contribution in [2.45, 2.75) is 84.6 Å². The standard InChI is InChI=1S/C32H43N3O4/c1-4-29(36)35(34-24(3)26-13-6-5-7-14-26)22-25-17-19-28(20-18-25)30(27-15-8-9-16-27)31(37)33-21-11-10-12-23(2)32(38)39/h5-7,13-14,17-20,23,27,30H,4,8-12,15-16,21-22H2,1-3H3,(H,33,37)(H,38,39)/b34-24+. The molecule has 0 heterocycles. The fourth-order valence-electron chi connectivity index (χ4n) is 5.23. The van der Waals surface area contributed by atoms with Crippen LogP contribution >= 0.6 is 0 Å². The fraction of sp³-hybridized carbons (Fsp3) is 0.500. The van der Waals surface area contributed by atoms with Gasteiger partial charge in [-0.2, -0.15) is 5.10 Å². The van der Waals surface area contributed by atoms with E-state index < -0.39 is 5.97 Å². The second kappa shape index (κ2) is 15.2. The van der Waals surface area contributed by atoms with E-state index in [2.05, 4.69) is 10.4 Å². The number of amides is 2. The van der Waals surface area contributed by atoms with Gasteiger partial charge in [-0.05, 0) is 55.2 Å². The Balaban J connectivity index is 1.67. The minimum Gasteiger partial charge on any atom is -0.481 e. The van der Waals surface area contributed by atoms with E-state index >= 15 is 0 Å². The lowest BCUT2D eigenvalue weighted by Gasteiger charge is -2.24. The lowest BCUT2D eigenvalue weighted by atomic mass is 9.83. The topological polar surface area (TPSA) is 99.1 Å². The van der Waals surface area contributed by atoms with Crippen molar-refractivity contribution >= 4 is 23.5 Å². The molecule has 2 aromatic carbocycles. The molecule has 1 aliphatic rings. The predicted octanol–water partition coefficient (Wildman–Crippen LogP) is 6.13. The molecule has 2 unspecified atom stereocenters. The summed E-state index contributed by atoms with van der Waals surface area (Å²) in [4.78, 5) is 37.0. The van der Waals surface area contributed by atoms with Gasteiger partial charge in [-0.15, -0.1) is 0 Å². The molecule has 0 aromatic heterocycles. The summed E-state index contributed by atoms with van der Waals surface area (Å²) in [6, 6.07) is 17.9. The first-order chi connectivity index (χ1) is 18.8. The molecular weight excluding hydrogens is 490 g/mol. The molecule has 7 nitrogen and oxygen atoms in total. The smallest absolute Gasteiger partial charge is 0.306 e. The molecule has 1 fully saturated rings. The van der Waals surface area contributed by atoms with Gasteiger partial charge < -0.3 is 10.4 Å². The van der Waals surface area contributed by atoms with Gasteiger partial charge in [0.1, 0.15) is 0 Å². The second-order valence-electron chi connectivity index (χ2n) is 10.6. The van der Waals surface area contributed by atoms with Crippen molar-refractivity contribution in [2.75, 3.05) is 6.54 Å². The summed E-state index contributed by atoms with van der Waals surface area (Å²) in [5.74, 6) is -1.02. The molecule has 2 aromatic rings. The predicted molar refractivity (Wildman–Crippen MR) is 154 cm³/mol. The Morgan fingerprint density at radius 2 is 1.69 bits per heavy atom. The number of carbonyl (C=O) groups excluding carboxylic acids is 2. The summed E-state index contributed by atoms with van der Waals surface area (Å²) in [5.41, 5.74) is 3.72. The van der Waals surface area contributed by atoms with E-state index in [1.807, 2.05) is 68.4 Å². The van der Waals surface area contributed by atoms with Gasteiger partial charge in [-0.1, -0.05) is 87.7 Å². The van der Waals surface area contributed by atoms with Gasteiger partial charge in [0.2, 0.25) is 11.8 Å². The number of aliphatic carboxylic acids is 1. The average Bonchev–Trinajstić information content (AvgIpc) is 3.47. The van der Waals surface area contributed by atoms with Crippen molar-refractivity contribution in [1.82, 2.24) is 10.3 Å². The summed E-state index contributed by atoms with van der Waals surface area (Å²) in [6.45, 7) is 6.38. The van der Waals surface area contributed by atoms with Crippen molar-refractivity contribution < 1.29 is 19.5 Å². The number of unbranched alkanes of at least 4 members (excludes halogenated alkanes) is 1. The van der Waals surface area contributed by atoms with Crippen LogP contribution < -0.4 is 5.32 Å². The molecule has 39 heavy (non-hydrogen) atoms. The highest BCUT2D eigenvalue weighted by atomic mass is 16.4. The van der Waals surface area contributed by atoms with Gasteiger partial charge in [-0.25, -0.2) is 5.01 Å². The molecule has 0 bridgehead atoms. The molecule has 0 aliphatic heterocycles. The molecule has 1 aliphatic carbocycles. The van der Waals surface area contributed by atoms with Crippen LogP contribution in [0.3, 0.4) is 0 Å². The number of hydrogen-bond acceptors (Lipinski definition) is 4. The molecular formula is C32H43N3O4. The van der Waals surface area contributed by atoms with E-state index in [0.29, 0.717) is 31.8 Å². The summed E-state index contributed by atoms with van der Waals surface area (Å²) < 4.78 is 0. The zero-order valence-electron chi connectivity index (χ0n) is 23.6. The van der Waals surface area contributed by atoms with Gasteiger partial charge in [-0.3, -0.25) is 14.4 Å². The first-order valence-electron chi connectivity index (χ1n) is 14.3. The van der Waals surface area contributed by atoms with Gasteiger partial charge in [0.15, 0.2) is 0 Å². The van der Waals surface area contributed by atoms with Crippen LogP contribution in [-0.2, 0) is 20.9 Å². The number of rotatable bonds is 14. The van der Waals surface area contributed by atoms with Crippen LogP contribution in [0, 0.1) is 11.8 Å². The highest BCUT2D eigenvalue weighted by Crippen LogP contribution is 2.37. The summed E-state index contributed by atoms with van der Waals surface area (Å²) in [6.07, 6.45) is 6.90. The molecule has 0 radical (unpaired) electrons. The molecule has 210 valence electrons. The Hall–Kier alpha value is -3.48. The monoisotopic (exact) mass is 533 g/mol. The number of benzene rings is 2. The quantitative estimate of drug-likeness (QED) is 0.173. The molecule has 2 atom stereocenters. The van der Waals surface area contributed by atoms with E-state index in [4.69, 9.17) is 5.11 Å². The Morgan fingerprint density at radius 3 is 2.31 bits per heavy atom. The van der Waals surface area contributed by atoms with Crippen LogP contribution in [0.4, 0.5) is 0 Å². The Labute approximate surface area is 232 Å². The Kier molecular flexibility index (Phi) is 11.7. The third-order valence-corrected chi connectivity index (χ3v) is 7.66. The molecule has 0 saturated heterocycles. The molecule has 2 N–H and O–H groups in total. The van der Waals surface area contributed by atoms with Gasteiger partial charge >= 0.3 is 5.97 Å². The van der Waals surface area contributed by atoms with Crippen molar-refractivity contribution in [3.8, 4) is 0 Å². The minimum atomic E-state index is -0.774. The number of nitrogens with zero attached hydrogens (tertiary/aromatic N) is 2. The molecule has 1 saturated carbocycles. The van der Waals surface area contributed by atoms with Crippen LogP contribution in [0.25, 0.3) is 0 Å². The van der Waals surface area contributed by atoms with Crippen molar-refractivity contribution in [3.05, 3.63) is 71.3 Å². The molecule has 3 rings (SSSR count). The maximum Gasteiger partial charge on any atom is 0.306 e. The second-order valence-corrected chi connectivity index (χ2v) is 10.6. The maximum absolute atomic E-state index is 13.3. The average molecular weight is 534 g/mol. The van der Waals surface area contributed by atoms with Crippen molar-refractivity contribution in [2.24, 2.45) is 16.9 Å². The first-order valence-corrected chi connectivity index (χ1v) is 14.3. The number of carboxylic acid groups (broad SMARTS) is 1. The zero-order valence-corrected chi connectivity index (χ0v) is 23.6. The maximum atomic E-state index is 13.3. The lowest BCUT2D eigenvalue weighted by molar-refractivity contribution is -0.141. The van der Waals surface area contributed by atoms with Crippen LogP contribution in [0.15, 0.2) is 59.7 Å². The Morgan fingerprint density at radius 1 is 1.03 bits per heavy atom. The van der Waals surface area contributed by atoms with E-state index in [0.717, 1.165) is 60.9 Å². The fourth-order valence-corrected chi connectivity index (χ4v) is 5.23. The molecule has 2 amide bonds. The number of carboxylic acids is 1. The minimum absolute atomic E-state index is 0.0460. The number of hydrazone groups is 1. The van der Waals surface area contributed by atoms with Crippen molar-refractivity contribution in [1.29, 1.82) is 0 Å². The zero-order chi connectivity index (χ0) is 28.2. The highest BCUT2D eigenvalue weighted by Gasteiger charge is 2.32. The molecule has 7 heteroatoms. The number of hydrogen-bond donors (Lipinski definition) is 2. The van der Waals surface area contributed by atoms with Crippen LogP contribution in [0.2, 0.25) is 0 Å². The normalized spacial score (nSPS) is 15.5. The highest BCUT2D eigenvalue weighted by molar-refractivity contribution is 5.99. The lowest BCUT2D eigenvalue weighted by Crippen LogP contribution is -2.33. The SMILES string of the molecule is CCC(=O)N(Cc1ccc(C(C(=O)NCCCCC(C)C(=O)O)C2CCCC2)cc1)/N=C(\C)c1ccccc1. The van der Waals surface area contributed by atoms with Gasteiger partial charge in [0.25, 0.3) is 0 Å². The van der Waals surface area contributed by atoms with E-state index in [9.17, 15) is 14.4 Å². The van der Waals surface area contributed by atoms with Gasteiger partial charge in [0, 0.05) is 13.0 Å². The number of carbonyl (C=O) groups is 3. The van der Waals surface area contributed by atoms with Crippen LogP contribution in [0.1, 0.15) is 94.7 Å². The molecule has 0 spiro atoms. The van der Waals surface area contributed by atoms with Crippen molar-refractivity contribution in [3.63, 3.8) is 0 Å². The van der Waals surface area contributed by atoms with E-state index in [-0.39, 0.29) is 23.7 Å². The number of nitrogens with one attached hydrogen (secondary N) is 1. The summed E-state index contributed by atoms with van der Waals surface area (Å²) >= 11 is 0. The first kappa shape index (κ1) is 30.1. The third kappa shape index (κ3) is 9.05. The third-order valence-electron chi connectivity index (χ3n) is 7.66.